The van der Waals surface area contributed by atoms with Crippen molar-refractivity contribution in [2.45, 2.75) is 52.1 Å². The van der Waals surface area contributed by atoms with E-state index in [4.69, 9.17) is 4.52 Å². The molecule has 0 bridgehead atoms. The minimum Gasteiger partial charge on any atom is -0.353 e. The molecule has 1 fully saturated rings. The summed E-state index contributed by atoms with van der Waals surface area (Å²) >= 11 is 5.03. The molecule has 6 nitrogen and oxygen atoms in total. The second-order valence-corrected chi connectivity index (χ2v) is 9.35. The van der Waals surface area contributed by atoms with E-state index in [1.54, 1.807) is 11.3 Å². The molecular weight excluding hydrogens is 416 g/mol. The van der Waals surface area contributed by atoms with E-state index in [9.17, 15) is 4.79 Å². The number of aromatic nitrogens is 2. The molecule has 3 heterocycles. The molecule has 0 aliphatic carbocycles. The van der Waals surface area contributed by atoms with Crippen LogP contribution in [-0.2, 0) is 11.3 Å². The summed E-state index contributed by atoms with van der Waals surface area (Å²) in [6.45, 7) is 6.50. The predicted molar refractivity (Wildman–Crippen MR) is 106 cm³/mol. The predicted octanol–water partition coefficient (Wildman–Crippen LogP) is 4.08. The van der Waals surface area contributed by atoms with Crippen LogP contribution in [-0.4, -0.2) is 40.1 Å². The van der Waals surface area contributed by atoms with E-state index in [1.807, 2.05) is 12.1 Å². The summed E-state index contributed by atoms with van der Waals surface area (Å²) in [4.78, 5) is 20.2. The molecule has 26 heavy (non-hydrogen) atoms. The first-order valence-corrected chi connectivity index (χ1v) is 10.8. The van der Waals surface area contributed by atoms with E-state index in [2.05, 4.69) is 50.1 Å². The molecule has 8 heteroatoms. The van der Waals surface area contributed by atoms with Crippen molar-refractivity contribution < 1.29 is 9.32 Å². The number of halogens is 1. The molecule has 0 saturated carbocycles. The molecule has 0 aromatic carbocycles. The van der Waals surface area contributed by atoms with Gasteiger partial charge >= 0.3 is 0 Å². The summed E-state index contributed by atoms with van der Waals surface area (Å²) in [5, 5.41) is 7.22. The van der Waals surface area contributed by atoms with Gasteiger partial charge in [0.05, 0.1) is 21.1 Å². The second kappa shape index (κ2) is 9.10. The Morgan fingerprint density at radius 3 is 3.12 bits per heavy atom. The van der Waals surface area contributed by atoms with Crippen LogP contribution in [0.5, 0.6) is 0 Å². The molecule has 2 aromatic heterocycles. The van der Waals surface area contributed by atoms with Crippen LogP contribution in [0.1, 0.15) is 45.4 Å². The molecule has 142 valence electrons. The van der Waals surface area contributed by atoms with Crippen molar-refractivity contribution in [3.8, 4) is 10.7 Å². The van der Waals surface area contributed by atoms with Gasteiger partial charge in [0.25, 0.3) is 0 Å². The van der Waals surface area contributed by atoms with E-state index in [1.165, 1.54) is 0 Å². The largest absolute Gasteiger partial charge is 0.353 e. The third kappa shape index (κ3) is 5.14. The van der Waals surface area contributed by atoms with Gasteiger partial charge in [-0.15, -0.1) is 11.3 Å². The summed E-state index contributed by atoms with van der Waals surface area (Å²) in [5.74, 6) is 1.43. The zero-order valence-electron chi connectivity index (χ0n) is 15.2. The molecule has 1 aliphatic rings. The topological polar surface area (TPSA) is 71.3 Å². The maximum atomic E-state index is 12.5. The van der Waals surface area contributed by atoms with Crippen LogP contribution in [0.2, 0.25) is 0 Å². The van der Waals surface area contributed by atoms with Crippen LogP contribution in [0.15, 0.2) is 20.4 Å². The SMILES string of the molecule is CCCC(C)NC(=O)C1CCCN(Cc2nc(-c3ccc(Br)s3)no2)C1. The van der Waals surface area contributed by atoms with Crippen molar-refractivity contribution in [1.82, 2.24) is 20.4 Å². The smallest absolute Gasteiger partial charge is 0.241 e. The Bertz CT molecular complexity index is 732. The first-order chi connectivity index (χ1) is 12.5. The first kappa shape index (κ1) is 19.5. The molecule has 1 N–H and O–H groups in total. The summed E-state index contributed by atoms with van der Waals surface area (Å²) in [6, 6.07) is 4.19. The molecule has 2 unspecified atom stereocenters. The molecular formula is C18H25BrN4O2S. The molecule has 2 aromatic rings. The van der Waals surface area contributed by atoms with Crippen LogP contribution in [0.4, 0.5) is 0 Å². The third-order valence-electron chi connectivity index (χ3n) is 4.61. The molecule has 1 aliphatic heterocycles. The lowest BCUT2D eigenvalue weighted by molar-refractivity contribution is -0.127. The molecule has 1 saturated heterocycles. The van der Waals surface area contributed by atoms with Gasteiger partial charge in [0.2, 0.25) is 17.6 Å². The zero-order valence-corrected chi connectivity index (χ0v) is 17.6. The maximum Gasteiger partial charge on any atom is 0.241 e. The lowest BCUT2D eigenvalue weighted by atomic mass is 9.96. The fourth-order valence-electron chi connectivity index (χ4n) is 3.32. The average molecular weight is 441 g/mol. The van der Waals surface area contributed by atoms with Crippen LogP contribution in [0.3, 0.4) is 0 Å². The van der Waals surface area contributed by atoms with Crippen molar-refractivity contribution in [3.63, 3.8) is 0 Å². The lowest BCUT2D eigenvalue weighted by Crippen LogP contribution is -2.45. The number of nitrogens with one attached hydrogen (secondary N) is 1. The summed E-state index contributed by atoms with van der Waals surface area (Å²) in [7, 11) is 0. The Morgan fingerprint density at radius 1 is 1.54 bits per heavy atom. The van der Waals surface area contributed by atoms with E-state index >= 15 is 0 Å². The van der Waals surface area contributed by atoms with Gasteiger partial charge in [-0.2, -0.15) is 4.98 Å². The molecule has 2 atom stereocenters. The van der Waals surface area contributed by atoms with Crippen LogP contribution in [0, 0.1) is 5.92 Å². The maximum absolute atomic E-state index is 12.5. The number of carbonyl (C=O) groups is 1. The van der Waals surface area contributed by atoms with Gasteiger partial charge in [0, 0.05) is 12.6 Å². The number of likely N-dealkylation sites (tertiary alicyclic amines) is 1. The Morgan fingerprint density at radius 2 is 2.38 bits per heavy atom. The van der Waals surface area contributed by atoms with Crippen molar-refractivity contribution in [2.24, 2.45) is 5.92 Å². The minimum absolute atomic E-state index is 0.0405. The lowest BCUT2D eigenvalue weighted by Gasteiger charge is -2.31. The van der Waals surface area contributed by atoms with Gasteiger partial charge < -0.3 is 9.84 Å². The third-order valence-corrected chi connectivity index (χ3v) is 6.23. The van der Waals surface area contributed by atoms with Crippen LogP contribution >= 0.6 is 27.3 Å². The second-order valence-electron chi connectivity index (χ2n) is 6.89. The molecule has 3 rings (SSSR count). The van der Waals surface area contributed by atoms with Gasteiger partial charge in [-0.3, -0.25) is 9.69 Å². The van der Waals surface area contributed by atoms with E-state index in [-0.39, 0.29) is 17.9 Å². The average Bonchev–Trinajstić information content (AvgIpc) is 3.24. The van der Waals surface area contributed by atoms with Gasteiger partial charge in [-0.25, -0.2) is 0 Å². The van der Waals surface area contributed by atoms with Gasteiger partial charge in [-0.05, 0) is 60.8 Å². The van der Waals surface area contributed by atoms with E-state index in [0.717, 1.165) is 47.4 Å². The van der Waals surface area contributed by atoms with Crippen molar-refractivity contribution >= 4 is 33.2 Å². The summed E-state index contributed by atoms with van der Waals surface area (Å²) in [6.07, 6.45) is 4.06. The highest BCUT2D eigenvalue weighted by molar-refractivity contribution is 9.11. The Labute approximate surface area is 166 Å². The number of nitrogens with zero attached hydrogens (tertiary/aromatic N) is 3. The normalized spacial score (nSPS) is 19.4. The Balaban J connectivity index is 1.55. The van der Waals surface area contributed by atoms with Crippen molar-refractivity contribution in [1.29, 1.82) is 0 Å². The van der Waals surface area contributed by atoms with Crippen molar-refractivity contribution in [3.05, 3.63) is 21.8 Å². The van der Waals surface area contributed by atoms with E-state index < -0.39 is 0 Å². The Hall–Kier alpha value is -1.25. The van der Waals surface area contributed by atoms with E-state index in [0.29, 0.717) is 18.3 Å². The highest BCUT2D eigenvalue weighted by atomic mass is 79.9. The highest BCUT2D eigenvalue weighted by Crippen LogP contribution is 2.29. The molecule has 0 spiro atoms. The number of hydrogen-bond donors (Lipinski definition) is 1. The standard InChI is InChI=1S/C18H25BrN4O2S/c1-3-5-12(2)20-18(24)13-6-4-9-23(10-13)11-16-21-17(22-25-16)14-7-8-15(19)26-14/h7-8,12-13H,3-6,9-11H2,1-2H3,(H,20,24). The summed E-state index contributed by atoms with van der Waals surface area (Å²) in [5.41, 5.74) is 0. The molecule has 0 radical (unpaired) electrons. The summed E-state index contributed by atoms with van der Waals surface area (Å²) < 4.78 is 6.45. The fourth-order valence-corrected chi connectivity index (χ4v) is 4.64. The monoisotopic (exact) mass is 440 g/mol. The van der Waals surface area contributed by atoms with Gasteiger partial charge in [-0.1, -0.05) is 18.5 Å². The number of carbonyl (C=O) groups excluding carboxylic acids is 1. The van der Waals surface area contributed by atoms with Crippen LogP contribution < -0.4 is 5.32 Å². The van der Waals surface area contributed by atoms with Crippen molar-refractivity contribution in [2.75, 3.05) is 13.1 Å². The number of thiophene rings is 1. The highest BCUT2D eigenvalue weighted by Gasteiger charge is 2.27. The first-order valence-electron chi connectivity index (χ1n) is 9.16. The van der Waals surface area contributed by atoms with Gasteiger partial charge in [0.1, 0.15) is 0 Å². The number of amides is 1. The molecule has 1 amide bonds. The number of piperidine rings is 1. The Kier molecular flexibility index (Phi) is 6.83. The fraction of sp³-hybridized carbons (Fsp3) is 0.611. The quantitative estimate of drug-likeness (QED) is 0.701. The zero-order chi connectivity index (χ0) is 18.5. The number of rotatable bonds is 7. The minimum atomic E-state index is 0.0405. The van der Waals surface area contributed by atoms with Gasteiger partial charge in [0.15, 0.2) is 0 Å². The van der Waals surface area contributed by atoms with Crippen LogP contribution in [0.25, 0.3) is 10.7 Å². The number of hydrogen-bond acceptors (Lipinski definition) is 6.